The Morgan fingerprint density at radius 1 is 1.33 bits per heavy atom. The van der Waals surface area contributed by atoms with Gasteiger partial charge in [0.25, 0.3) is 5.91 Å². The highest BCUT2D eigenvalue weighted by Crippen LogP contribution is 2.26. The molecule has 1 fully saturated rings. The molecule has 2 amide bonds. The lowest BCUT2D eigenvalue weighted by atomic mass is 9.99. The van der Waals surface area contributed by atoms with Crippen molar-refractivity contribution in [3.05, 3.63) is 28.2 Å². The predicted molar refractivity (Wildman–Crippen MR) is 73.5 cm³/mol. The zero-order valence-electron chi connectivity index (χ0n) is 10.6. The van der Waals surface area contributed by atoms with Gasteiger partial charge in [0.2, 0.25) is 5.91 Å². The molecule has 0 radical (unpaired) electrons. The Morgan fingerprint density at radius 3 is 2.61 bits per heavy atom. The molecule has 0 aromatic heterocycles. The number of piperazine rings is 1. The van der Waals surface area contributed by atoms with E-state index in [0.717, 1.165) is 15.7 Å². The highest BCUT2D eigenvalue weighted by atomic mass is 79.9. The number of carbonyl (C=O) groups is 2. The van der Waals surface area contributed by atoms with Crippen LogP contribution in [0.5, 0.6) is 0 Å². The molecule has 96 valence electrons. The molecular weight excluding hydrogens is 296 g/mol. The van der Waals surface area contributed by atoms with Crippen molar-refractivity contribution in [2.75, 3.05) is 11.4 Å². The smallest absolute Gasteiger partial charge is 0.252 e. The Labute approximate surface area is 114 Å². The van der Waals surface area contributed by atoms with E-state index >= 15 is 0 Å². The fraction of sp³-hybridized carbons (Fsp3) is 0.385. The highest BCUT2D eigenvalue weighted by Gasteiger charge is 2.39. The fourth-order valence-corrected chi connectivity index (χ4v) is 2.25. The van der Waals surface area contributed by atoms with E-state index in [1.165, 1.54) is 4.90 Å². The highest BCUT2D eigenvalue weighted by molar-refractivity contribution is 9.10. The number of rotatable bonds is 1. The van der Waals surface area contributed by atoms with Gasteiger partial charge in [-0.1, -0.05) is 15.9 Å². The van der Waals surface area contributed by atoms with Gasteiger partial charge >= 0.3 is 0 Å². The molecule has 1 heterocycles. The number of nitrogens with zero attached hydrogens (tertiary/aromatic N) is 1. The van der Waals surface area contributed by atoms with Crippen molar-refractivity contribution in [1.82, 2.24) is 5.32 Å². The third-order valence-electron chi connectivity index (χ3n) is 2.99. The first-order valence-electron chi connectivity index (χ1n) is 5.70. The molecule has 4 nitrogen and oxygen atoms in total. The Balaban J connectivity index is 2.39. The van der Waals surface area contributed by atoms with Crippen molar-refractivity contribution in [1.29, 1.82) is 0 Å². The van der Waals surface area contributed by atoms with Crippen molar-refractivity contribution in [3.63, 3.8) is 0 Å². The maximum atomic E-state index is 12.3. The summed E-state index contributed by atoms with van der Waals surface area (Å²) >= 11 is 3.42. The minimum Gasteiger partial charge on any atom is -0.341 e. The average Bonchev–Trinajstić information content (AvgIpc) is 2.27. The number of nitrogens with one attached hydrogen (secondary N) is 1. The van der Waals surface area contributed by atoms with Crippen LogP contribution in [-0.2, 0) is 9.59 Å². The van der Waals surface area contributed by atoms with Gasteiger partial charge in [-0.2, -0.15) is 0 Å². The van der Waals surface area contributed by atoms with Crippen molar-refractivity contribution < 1.29 is 9.59 Å². The van der Waals surface area contributed by atoms with Crippen molar-refractivity contribution in [3.8, 4) is 0 Å². The van der Waals surface area contributed by atoms with Gasteiger partial charge in [-0.3, -0.25) is 9.59 Å². The van der Waals surface area contributed by atoms with Crippen LogP contribution in [0.25, 0.3) is 0 Å². The fourth-order valence-electron chi connectivity index (χ4n) is 2.00. The normalized spacial score (nSPS) is 18.8. The Bertz CT molecular complexity index is 526. The molecule has 0 spiro atoms. The molecule has 1 aromatic rings. The zero-order valence-corrected chi connectivity index (χ0v) is 12.2. The molecule has 18 heavy (non-hydrogen) atoms. The number of aryl methyl sites for hydroxylation is 1. The summed E-state index contributed by atoms with van der Waals surface area (Å²) in [5, 5.41) is 2.69. The lowest BCUT2D eigenvalue weighted by Crippen LogP contribution is -2.64. The standard InChI is InChI=1S/C13H15BrN2O2/c1-8-6-9(4-5-10(8)14)16-7-11(17)15-13(2,3)12(16)18/h4-6H,7H2,1-3H3,(H,15,17). The first kappa shape index (κ1) is 13.1. The van der Waals surface area contributed by atoms with E-state index in [1.807, 2.05) is 25.1 Å². The molecule has 1 aliphatic rings. The van der Waals surface area contributed by atoms with Crippen LogP contribution in [0.2, 0.25) is 0 Å². The average molecular weight is 311 g/mol. The number of hydrogen-bond acceptors (Lipinski definition) is 2. The van der Waals surface area contributed by atoms with E-state index in [-0.39, 0.29) is 18.4 Å². The van der Waals surface area contributed by atoms with Gasteiger partial charge in [0, 0.05) is 10.2 Å². The molecule has 5 heteroatoms. The number of anilines is 1. The molecule has 0 unspecified atom stereocenters. The zero-order chi connectivity index (χ0) is 13.5. The number of carbonyl (C=O) groups excluding carboxylic acids is 2. The van der Waals surface area contributed by atoms with E-state index < -0.39 is 5.54 Å². The number of amides is 2. The van der Waals surface area contributed by atoms with Crippen LogP contribution in [0.4, 0.5) is 5.69 Å². The summed E-state index contributed by atoms with van der Waals surface area (Å²) in [5.41, 5.74) is 0.934. The largest absolute Gasteiger partial charge is 0.341 e. The van der Waals surface area contributed by atoms with Crippen LogP contribution in [-0.4, -0.2) is 23.9 Å². The quantitative estimate of drug-likeness (QED) is 0.862. The Hall–Kier alpha value is -1.36. The summed E-state index contributed by atoms with van der Waals surface area (Å²) in [5.74, 6) is -0.232. The molecule has 1 aliphatic heterocycles. The van der Waals surface area contributed by atoms with Crippen LogP contribution in [0, 0.1) is 6.92 Å². The second-order valence-electron chi connectivity index (χ2n) is 5.00. The Morgan fingerprint density at radius 2 is 2.00 bits per heavy atom. The lowest BCUT2D eigenvalue weighted by Gasteiger charge is -2.37. The summed E-state index contributed by atoms with van der Waals surface area (Å²) in [6.45, 7) is 5.45. The summed E-state index contributed by atoms with van der Waals surface area (Å²) in [6, 6.07) is 5.62. The monoisotopic (exact) mass is 310 g/mol. The maximum Gasteiger partial charge on any atom is 0.252 e. The second kappa shape index (κ2) is 4.39. The van der Waals surface area contributed by atoms with Crippen LogP contribution < -0.4 is 10.2 Å². The van der Waals surface area contributed by atoms with Gasteiger partial charge in [0.1, 0.15) is 12.1 Å². The maximum absolute atomic E-state index is 12.3. The minimum absolute atomic E-state index is 0.0728. The van der Waals surface area contributed by atoms with Crippen molar-refractivity contribution in [2.45, 2.75) is 26.3 Å². The molecule has 0 atom stereocenters. The molecule has 1 saturated heterocycles. The van der Waals surface area contributed by atoms with E-state index in [0.29, 0.717) is 0 Å². The topological polar surface area (TPSA) is 49.4 Å². The van der Waals surface area contributed by atoms with Gasteiger partial charge in [-0.15, -0.1) is 0 Å². The molecule has 2 rings (SSSR count). The van der Waals surface area contributed by atoms with Crippen molar-refractivity contribution >= 4 is 33.4 Å². The third kappa shape index (κ3) is 2.27. The summed E-state index contributed by atoms with van der Waals surface area (Å²) in [7, 11) is 0. The first-order valence-corrected chi connectivity index (χ1v) is 6.50. The second-order valence-corrected chi connectivity index (χ2v) is 5.85. The van der Waals surface area contributed by atoms with Gasteiger partial charge in [0.15, 0.2) is 0 Å². The molecule has 0 saturated carbocycles. The first-order chi connectivity index (χ1) is 8.31. The minimum atomic E-state index is -0.851. The van der Waals surface area contributed by atoms with Crippen LogP contribution in [0.3, 0.4) is 0 Å². The molecule has 0 aliphatic carbocycles. The number of benzene rings is 1. The molecule has 1 aromatic carbocycles. The van der Waals surface area contributed by atoms with Gasteiger partial charge in [0.05, 0.1) is 0 Å². The number of hydrogen-bond donors (Lipinski definition) is 1. The lowest BCUT2D eigenvalue weighted by molar-refractivity contribution is -0.134. The van der Waals surface area contributed by atoms with Crippen molar-refractivity contribution in [2.24, 2.45) is 0 Å². The Kier molecular flexibility index (Phi) is 3.19. The van der Waals surface area contributed by atoms with Crippen LogP contribution in [0.15, 0.2) is 22.7 Å². The molecule has 0 bridgehead atoms. The molecular formula is C13H15BrN2O2. The van der Waals surface area contributed by atoms with Gasteiger partial charge in [-0.25, -0.2) is 0 Å². The SMILES string of the molecule is Cc1cc(N2CC(=O)NC(C)(C)C2=O)ccc1Br. The summed E-state index contributed by atoms with van der Waals surface area (Å²) < 4.78 is 0.986. The van der Waals surface area contributed by atoms with Crippen LogP contribution in [0.1, 0.15) is 19.4 Å². The van der Waals surface area contributed by atoms with Gasteiger partial charge in [-0.05, 0) is 44.5 Å². The van der Waals surface area contributed by atoms with Crippen LogP contribution >= 0.6 is 15.9 Å². The van der Waals surface area contributed by atoms with E-state index in [4.69, 9.17) is 0 Å². The predicted octanol–water partition coefficient (Wildman–Crippen LogP) is 2.00. The van der Waals surface area contributed by atoms with E-state index in [9.17, 15) is 9.59 Å². The van der Waals surface area contributed by atoms with Gasteiger partial charge < -0.3 is 10.2 Å². The molecule has 1 N–H and O–H groups in total. The summed E-state index contributed by atoms with van der Waals surface area (Å²) in [4.78, 5) is 25.5. The third-order valence-corrected chi connectivity index (χ3v) is 3.88. The number of halogens is 1. The summed E-state index contributed by atoms with van der Waals surface area (Å²) in [6.07, 6.45) is 0. The van der Waals surface area contributed by atoms with E-state index in [2.05, 4.69) is 21.2 Å². The van der Waals surface area contributed by atoms with E-state index in [1.54, 1.807) is 13.8 Å².